The number of oxazole rings is 1. The molecule has 0 atom stereocenters. The summed E-state index contributed by atoms with van der Waals surface area (Å²) in [7, 11) is 1.87. The molecule has 10 heteroatoms. The molecular formula is C17H16N8O2. The lowest BCUT2D eigenvalue weighted by Gasteiger charge is -2.09. The van der Waals surface area contributed by atoms with Crippen LogP contribution in [0.15, 0.2) is 35.5 Å². The van der Waals surface area contributed by atoms with E-state index in [0.717, 1.165) is 11.0 Å². The summed E-state index contributed by atoms with van der Waals surface area (Å²) in [6, 6.07) is 1.81. The molecule has 0 fully saturated rings. The van der Waals surface area contributed by atoms with Crippen LogP contribution in [0.1, 0.15) is 21.9 Å². The molecule has 0 spiro atoms. The number of nitrogens with two attached hydrogens (primary N) is 1. The number of imidazole rings is 1. The van der Waals surface area contributed by atoms with Crippen LogP contribution in [0.3, 0.4) is 0 Å². The van der Waals surface area contributed by atoms with Crippen LogP contribution in [0.4, 0.5) is 5.82 Å². The Balaban J connectivity index is 1.58. The molecule has 0 radical (unpaired) electrons. The van der Waals surface area contributed by atoms with Gasteiger partial charge in [0.05, 0.1) is 41.5 Å². The maximum atomic E-state index is 12.6. The highest BCUT2D eigenvalue weighted by molar-refractivity contribution is 5.96. The predicted molar refractivity (Wildman–Crippen MR) is 96.4 cm³/mol. The highest BCUT2D eigenvalue weighted by atomic mass is 16.3. The first kappa shape index (κ1) is 16.6. The summed E-state index contributed by atoms with van der Waals surface area (Å²) < 4.78 is 7.07. The van der Waals surface area contributed by atoms with Crippen LogP contribution in [-0.2, 0) is 13.6 Å². The van der Waals surface area contributed by atoms with Gasteiger partial charge in [0, 0.05) is 13.2 Å². The number of carbonyl (C=O) groups excluding carboxylic acids is 1. The predicted octanol–water partition coefficient (Wildman–Crippen LogP) is 1.23. The third kappa shape index (κ3) is 2.97. The van der Waals surface area contributed by atoms with Crippen LogP contribution in [0.2, 0.25) is 0 Å². The number of nitrogens with one attached hydrogen (secondary N) is 1. The molecule has 4 rings (SSSR count). The zero-order chi connectivity index (χ0) is 19.0. The normalized spacial score (nSPS) is 11.0. The molecule has 1 amide bonds. The Labute approximate surface area is 153 Å². The van der Waals surface area contributed by atoms with Gasteiger partial charge in [-0.05, 0) is 13.0 Å². The Kier molecular flexibility index (Phi) is 3.99. The molecule has 4 heterocycles. The van der Waals surface area contributed by atoms with Crippen molar-refractivity contribution in [2.75, 3.05) is 5.73 Å². The Hall–Kier alpha value is -3.82. The largest absolute Gasteiger partial charge is 0.443 e. The molecule has 0 saturated heterocycles. The Bertz CT molecular complexity index is 1130. The summed E-state index contributed by atoms with van der Waals surface area (Å²) in [5.41, 5.74) is 9.22. The minimum Gasteiger partial charge on any atom is -0.443 e. The van der Waals surface area contributed by atoms with E-state index in [-0.39, 0.29) is 18.1 Å². The minimum absolute atomic E-state index is 0.00185. The minimum atomic E-state index is -0.442. The molecule has 0 aromatic carbocycles. The Morgan fingerprint density at radius 1 is 1.26 bits per heavy atom. The van der Waals surface area contributed by atoms with Gasteiger partial charge in [0.1, 0.15) is 12.0 Å². The second kappa shape index (κ2) is 6.48. The van der Waals surface area contributed by atoms with Gasteiger partial charge < -0.3 is 20.0 Å². The van der Waals surface area contributed by atoms with Crippen molar-refractivity contribution in [3.05, 3.63) is 48.1 Å². The lowest BCUT2D eigenvalue weighted by Crippen LogP contribution is -2.26. The standard InChI is InChI=1S/C17H16N8O2/c1-9-12(17-20-5-6-27-17)24-15(18)13(23-9)16(26)21-7-11-14-10(3-4-19-11)22-8-25(14)2/h3-6,8H,7H2,1-2H3,(H2,18,24)(H,21,26). The van der Waals surface area contributed by atoms with Crippen molar-refractivity contribution in [1.29, 1.82) is 0 Å². The average Bonchev–Trinajstić information content (AvgIpc) is 3.32. The van der Waals surface area contributed by atoms with Crippen molar-refractivity contribution < 1.29 is 9.21 Å². The van der Waals surface area contributed by atoms with Gasteiger partial charge in [-0.25, -0.2) is 19.9 Å². The fourth-order valence-corrected chi connectivity index (χ4v) is 2.80. The van der Waals surface area contributed by atoms with Crippen LogP contribution in [0, 0.1) is 6.92 Å². The molecule has 3 N–H and O–H groups in total. The number of aromatic nitrogens is 6. The summed E-state index contributed by atoms with van der Waals surface area (Å²) in [6.45, 7) is 1.91. The topological polar surface area (TPSA) is 138 Å². The molecule has 4 aromatic rings. The van der Waals surface area contributed by atoms with E-state index in [4.69, 9.17) is 10.2 Å². The molecule has 4 aromatic heterocycles. The second-order valence-corrected chi connectivity index (χ2v) is 5.89. The Morgan fingerprint density at radius 2 is 2.11 bits per heavy atom. The van der Waals surface area contributed by atoms with Crippen LogP contribution in [0.25, 0.3) is 22.6 Å². The number of amides is 1. The van der Waals surface area contributed by atoms with Crippen molar-refractivity contribution >= 4 is 22.8 Å². The summed E-state index contributed by atoms with van der Waals surface area (Å²) in [5.74, 6) is -0.147. The van der Waals surface area contributed by atoms with Crippen LogP contribution in [-0.4, -0.2) is 35.4 Å². The SMILES string of the molecule is Cc1nc(C(=O)NCc2nccc3ncn(C)c23)c(N)nc1-c1ncco1. The van der Waals surface area contributed by atoms with E-state index in [1.165, 1.54) is 12.5 Å². The number of aryl methyl sites for hydroxylation is 2. The quantitative estimate of drug-likeness (QED) is 0.551. The highest BCUT2D eigenvalue weighted by Gasteiger charge is 2.19. The van der Waals surface area contributed by atoms with Gasteiger partial charge in [-0.15, -0.1) is 0 Å². The van der Waals surface area contributed by atoms with E-state index in [9.17, 15) is 4.79 Å². The van der Waals surface area contributed by atoms with E-state index in [2.05, 4.69) is 30.2 Å². The number of hydrogen-bond acceptors (Lipinski definition) is 8. The van der Waals surface area contributed by atoms with Gasteiger partial charge in [-0.3, -0.25) is 9.78 Å². The first-order valence-electron chi connectivity index (χ1n) is 8.11. The fraction of sp³-hybridized carbons (Fsp3) is 0.176. The first-order valence-corrected chi connectivity index (χ1v) is 8.11. The summed E-state index contributed by atoms with van der Waals surface area (Å²) in [4.78, 5) is 33.7. The Morgan fingerprint density at radius 3 is 2.89 bits per heavy atom. The van der Waals surface area contributed by atoms with Crippen molar-refractivity contribution in [3.63, 3.8) is 0 Å². The molecule has 136 valence electrons. The molecule has 27 heavy (non-hydrogen) atoms. The van der Waals surface area contributed by atoms with E-state index in [1.54, 1.807) is 19.4 Å². The zero-order valence-corrected chi connectivity index (χ0v) is 14.7. The number of fused-ring (bicyclic) bond motifs is 1. The van der Waals surface area contributed by atoms with Crippen molar-refractivity contribution in [2.24, 2.45) is 7.05 Å². The fourth-order valence-electron chi connectivity index (χ4n) is 2.80. The third-order valence-electron chi connectivity index (χ3n) is 4.06. The molecule has 0 unspecified atom stereocenters. The van der Waals surface area contributed by atoms with Gasteiger partial charge in [0.2, 0.25) is 5.89 Å². The van der Waals surface area contributed by atoms with Gasteiger partial charge in [0.15, 0.2) is 11.5 Å². The average molecular weight is 364 g/mol. The molecule has 0 saturated carbocycles. The smallest absolute Gasteiger partial charge is 0.274 e. The molecule has 0 bridgehead atoms. The number of anilines is 1. The maximum absolute atomic E-state index is 12.6. The molecule has 10 nitrogen and oxygen atoms in total. The van der Waals surface area contributed by atoms with Gasteiger partial charge in [-0.2, -0.15) is 0 Å². The number of nitrogen functional groups attached to an aromatic ring is 1. The van der Waals surface area contributed by atoms with Crippen LogP contribution in [0.5, 0.6) is 0 Å². The lowest BCUT2D eigenvalue weighted by atomic mass is 10.2. The van der Waals surface area contributed by atoms with Crippen LogP contribution < -0.4 is 11.1 Å². The summed E-state index contributed by atoms with van der Waals surface area (Å²) in [5, 5.41) is 2.78. The lowest BCUT2D eigenvalue weighted by molar-refractivity contribution is 0.0946. The van der Waals surface area contributed by atoms with E-state index < -0.39 is 5.91 Å². The van der Waals surface area contributed by atoms with Gasteiger partial charge in [-0.1, -0.05) is 0 Å². The molecule has 0 aliphatic rings. The van der Waals surface area contributed by atoms with Crippen LogP contribution >= 0.6 is 0 Å². The first-order chi connectivity index (χ1) is 13.0. The van der Waals surface area contributed by atoms with Crippen molar-refractivity contribution in [3.8, 4) is 11.6 Å². The van der Waals surface area contributed by atoms with E-state index in [0.29, 0.717) is 23.0 Å². The van der Waals surface area contributed by atoms with Gasteiger partial charge >= 0.3 is 0 Å². The maximum Gasteiger partial charge on any atom is 0.274 e. The van der Waals surface area contributed by atoms with E-state index in [1.807, 2.05) is 17.7 Å². The number of carbonyl (C=O) groups is 1. The number of rotatable bonds is 4. The molecule has 0 aliphatic carbocycles. The molecular weight excluding hydrogens is 348 g/mol. The second-order valence-electron chi connectivity index (χ2n) is 5.89. The number of pyridine rings is 1. The molecule has 0 aliphatic heterocycles. The third-order valence-corrected chi connectivity index (χ3v) is 4.06. The monoisotopic (exact) mass is 364 g/mol. The number of nitrogens with zero attached hydrogens (tertiary/aromatic N) is 6. The van der Waals surface area contributed by atoms with Crippen molar-refractivity contribution in [2.45, 2.75) is 13.5 Å². The van der Waals surface area contributed by atoms with Crippen molar-refractivity contribution in [1.82, 2.24) is 34.8 Å². The summed E-state index contributed by atoms with van der Waals surface area (Å²) in [6.07, 6.45) is 6.28. The number of hydrogen-bond donors (Lipinski definition) is 2. The van der Waals surface area contributed by atoms with E-state index >= 15 is 0 Å². The highest BCUT2D eigenvalue weighted by Crippen LogP contribution is 2.21. The summed E-state index contributed by atoms with van der Waals surface area (Å²) >= 11 is 0. The zero-order valence-electron chi connectivity index (χ0n) is 14.7. The van der Waals surface area contributed by atoms with Gasteiger partial charge in [0.25, 0.3) is 5.91 Å².